The molecule has 0 aromatic carbocycles. The summed E-state index contributed by atoms with van der Waals surface area (Å²) in [6.45, 7) is 8.01. The largest absolute Gasteiger partial charge is 0.462 e. The second kappa shape index (κ2) is 8.79. The Labute approximate surface area is 103 Å². The van der Waals surface area contributed by atoms with E-state index < -0.39 is 11.9 Å². The maximum absolute atomic E-state index is 11.7. The van der Waals surface area contributed by atoms with Crippen LogP contribution in [0.25, 0.3) is 0 Å². The first kappa shape index (κ1) is 15.7. The van der Waals surface area contributed by atoms with Crippen molar-refractivity contribution in [1.82, 2.24) is 0 Å². The number of carbonyl (C=O) groups is 2. The Hall–Kier alpha value is -1.32. The van der Waals surface area contributed by atoms with Crippen LogP contribution in [-0.2, 0) is 19.1 Å². The maximum atomic E-state index is 11.7. The van der Waals surface area contributed by atoms with Crippen LogP contribution in [0, 0.1) is 0 Å². The summed E-state index contributed by atoms with van der Waals surface area (Å²) in [6.07, 6.45) is 2.00. The second-order valence-corrected chi connectivity index (χ2v) is 3.73. The van der Waals surface area contributed by atoms with E-state index in [0.29, 0.717) is 30.8 Å². The van der Waals surface area contributed by atoms with Gasteiger partial charge in [0.05, 0.1) is 13.2 Å². The summed E-state index contributed by atoms with van der Waals surface area (Å²) in [4.78, 5) is 23.3. The van der Waals surface area contributed by atoms with Crippen LogP contribution in [0.2, 0.25) is 0 Å². The van der Waals surface area contributed by atoms with Crippen molar-refractivity contribution in [2.75, 3.05) is 13.2 Å². The molecule has 0 saturated carbocycles. The molecule has 0 amide bonds. The van der Waals surface area contributed by atoms with Crippen molar-refractivity contribution in [3.8, 4) is 0 Å². The summed E-state index contributed by atoms with van der Waals surface area (Å²) in [5, 5.41) is 0. The SMILES string of the molecule is CCCOC(=O)/C(C)=C(/CC)C(=O)OCCC. The van der Waals surface area contributed by atoms with Crippen molar-refractivity contribution in [2.24, 2.45) is 0 Å². The highest BCUT2D eigenvalue weighted by molar-refractivity contribution is 5.99. The molecule has 0 heterocycles. The van der Waals surface area contributed by atoms with Gasteiger partial charge in [0.15, 0.2) is 0 Å². The lowest BCUT2D eigenvalue weighted by atomic mass is 10.1. The summed E-state index contributed by atoms with van der Waals surface area (Å²) in [6, 6.07) is 0. The van der Waals surface area contributed by atoms with Gasteiger partial charge in [-0.3, -0.25) is 0 Å². The van der Waals surface area contributed by atoms with E-state index in [1.807, 2.05) is 20.8 Å². The lowest BCUT2D eigenvalue weighted by Gasteiger charge is -2.09. The standard InChI is InChI=1S/C13H22O4/c1-5-8-16-12(14)10(4)11(7-3)13(15)17-9-6-2/h5-9H2,1-4H3/b11-10-. The van der Waals surface area contributed by atoms with Crippen molar-refractivity contribution in [1.29, 1.82) is 0 Å². The number of esters is 2. The fourth-order valence-corrected chi connectivity index (χ4v) is 1.27. The van der Waals surface area contributed by atoms with Gasteiger partial charge in [-0.05, 0) is 26.2 Å². The topological polar surface area (TPSA) is 52.6 Å². The molecule has 4 heteroatoms. The third-order valence-electron chi connectivity index (χ3n) is 2.23. The van der Waals surface area contributed by atoms with Crippen LogP contribution in [0.15, 0.2) is 11.1 Å². The minimum absolute atomic E-state index is 0.349. The summed E-state index contributed by atoms with van der Waals surface area (Å²) < 4.78 is 10.0. The molecule has 0 spiro atoms. The summed E-state index contributed by atoms with van der Waals surface area (Å²) >= 11 is 0. The molecule has 0 atom stereocenters. The summed E-state index contributed by atoms with van der Waals surface area (Å²) in [5.74, 6) is -0.850. The van der Waals surface area contributed by atoms with E-state index in [2.05, 4.69) is 0 Å². The lowest BCUT2D eigenvalue weighted by Crippen LogP contribution is -2.15. The van der Waals surface area contributed by atoms with E-state index in [4.69, 9.17) is 9.47 Å². The third kappa shape index (κ3) is 5.52. The van der Waals surface area contributed by atoms with Gasteiger partial charge in [-0.15, -0.1) is 0 Å². The molecule has 0 saturated heterocycles. The predicted molar refractivity (Wildman–Crippen MR) is 65.5 cm³/mol. The zero-order valence-corrected chi connectivity index (χ0v) is 11.2. The van der Waals surface area contributed by atoms with Gasteiger partial charge in [-0.1, -0.05) is 20.8 Å². The van der Waals surface area contributed by atoms with Crippen LogP contribution in [0.1, 0.15) is 47.0 Å². The molecule has 4 nitrogen and oxygen atoms in total. The van der Waals surface area contributed by atoms with Crippen LogP contribution < -0.4 is 0 Å². The molecular weight excluding hydrogens is 220 g/mol. The fraction of sp³-hybridized carbons (Fsp3) is 0.692. The summed E-state index contributed by atoms with van der Waals surface area (Å²) in [5.41, 5.74) is 0.751. The Morgan fingerprint density at radius 2 is 1.35 bits per heavy atom. The van der Waals surface area contributed by atoms with Crippen LogP contribution in [0.4, 0.5) is 0 Å². The number of carbonyl (C=O) groups excluding carboxylic acids is 2. The van der Waals surface area contributed by atoms with Crippen LogP contribution in [0.3, 0.4) is 0 Å². The van der Waals surface area contributed by atoms with Gasteiger partial charge in [-0.25, -0.2) is 9.59 Å². The molecule has 0 bridgehead atoms. The fourth-order valence-electron chi connectivity index (χ4n) is 1.27. The minimum atomic E-state index is -0.433. The van der Waals surface area contributed by atoms with Gasteiger partial charge >= 0.3 is 11.9 Å². The first-order valence-electron chi connectivity index (χ1n) is 6.12. The number of ether oxygens (including phenoxy) is 2. The van der Waals surface area contributed by atoms with Crippen LogP contribution in [0.5, 0.6) is 0 Å². The molecule has 0 aliphatic rings. The second-order valence-electron chi connectivity index (χ2n) is 3.73. The number of hydrogen-bond acceptors (Lipinski definition) is 4. The number of rotatable bonds is 7. The predicted octanol–water partition coefficient (Wildman–Crippen LogP) is 2.62. The third-order valence-corrected chi connectivity index (χ3v) is 2.23. The Balaban J connectivity index is 4.67. The van der Waals surface area contributed by atoms with Gasteiger partial charge in [0.1, 0.15) is 0 Å². The zero-order valence-electron chi connectivity index (χ0n) is 11.2. The number of hydrogen-bond donors (Lipinski definition) is 0. The van der Waals surface area contributed by atoms with Gasteiger partial charge in [0, 0.05) is 11.1 Å². The molecule has 0 aliphatic carbocycles. The Morgan fingerprint density at radius 3 is 1.76 bits per heavy atom. The molecule has 17 heavy (non-hydrogen) atoms. The van der Waals surface area contributed by atoms with Crippen LogP contribution in [-0.4, -0.2) is 25.2 Å². The average Bonchev–Trinajstić information content (AvgIpc) is 2.33. The Bertz CT molecular complexity index is 292. The quantitative estimate of drug-likeness (QED) is 0.508. The van der Waals surface area contributed by atoms with Crippen LogP contribution >= 0.6 is 0 Å². The van der Waals surface area contributed by atoms with Crippen molar-refractivity contribution < 1.29 is 19.1 Å². The molecule has 0 aromatic rings. The highest BCUT2D eigenvalue weighted by atomic mass is 16.5. The molecule has 98 valence electrons. The summed E-state index contributed by atoms with van der Waals surface area (Å²) in [7, 11) is 0. The highest BCUT2D eigenvalue weighted by Gasteiger charge is 2.17. The molecule has 0 fully saturated rings. The minimum Gasteiger partial charge on any atom is -0.462 e. The molecule has 0 N–H and O–H groups in total. The van der Waals surface area contributed by atoms with E-state index in [-0.39, 0.29) is 0 Å². The monoisotopic (exact) mass is 242 g/mol. The normalized spacial score (nSPS) is 11.8. The van der Waals surface area contributed by atoms with E-state index in [9.17, 15) is 9.59 Å². The van der Waals surface area contributed by atoms with E-state index in [1.165, 1.54) is 0 Å². The maximum Gasteiger partial charge on any atom is 0.334 e. The first-order valence-corrected chi connectivity index (χ1v) is 6.12. The van der Waals surface area contributed by atoms with Crippen molar-refractivity contribution >= 4 is 11.9 Å². The first-order chi connectivity index (χ1) is 8.08. The van der Waals surface area contributed by atoms with Gasteiger partial charge in [0.25, 0.3) is 0 Å². The zero-order chi connectivity index (χ0) is 13.3. The molecule has 0 rings (SSSR count). The molecule has 0 unspecified atom stereocenters. The Kier molecular flexibility index (Phi) is 8.11. The van der Waals surface area contributed by atoms with Crippen molar-refractivity contribution in [3.05, 3.63) is 11.1 Å². The van der Waals surface area contributed by atoms with Crippen molar-refractivity contribution in [3.63, 3.8) is 0 Å². The van der Waals surface area contributed by atoms with E-state index in [1.54, 1.807) is 6.92 Å². The highest BCUT2D eigenvalue weighted by Crippen LogP contribution is 2.12. The molecule has 0 aliphatic heterocycles. The van der Waals surface area contributed by atoms with E-state index >= 15 is 0 Å². The van der Waals surface area contributed by atoms with Crippen molar-refractivity contribution in [2.45, 2.75) is 47.0 Å². The van der Waals surface area contributed by atoms with Gasteiger partial charge < -0.3 is 9.47 Å². The molecule has 0 aromatic heterocycles. The lowest BCUT2D eigenvalue weighted by molar-refractivity contribution is -0.142. The smallest absolute Gasteiger partial charge is 0.334 e. The van der Waals surface area contributed by atoms with Gasteiger partial charge in [-0.2, -0.15) is 0 Å². The Morgan fingerprint density at radius 1 is 0.882 bits per heavy atom. The van der Waals surface area contributed by atoms with E-state index in [0.717, 1.165) is 12.8 Å². The average molecular weight is 242 g/mol. The van der Waals surface area contributed by atoms with Gasteiger partial charge in [0.2, 0.25) is 0 Å². The molecule has 0 radical (unpaired) electrons. The molecular formula is C13H22O4.